The van der Waals surface area contributed by atoms with Gasteiger partial charge >= 0.3 is 0 Å². The number of carbonyl (C=O) groups is 1. The van der Waals surface area contributed by atoms with E-state index in [1.54, 1.807) is 6.20 Å². The third-order valence-electron chi connectivity index (χ3n) is 4.74. The van der Waals surface area contributed by atoms with E-state index in [1.165, 1.54) is 6.26 Å². The Morgan fingerprint density at radius 2 is 2.04 bits per heavy atom. The van der Waals surface area contributed by atoms with Gasteiger partial charge in [0.2, 0.25) is 5.91 Å². The zero-order valence-electron chi connectivity index (χ0n) is 14.2. The number of anilines is 1. The molecule has 1 heterocycles. The van der Waals surface area contributed by atoms with Crippen LogP contribution in [-0.2, 0) is 14.6 Å². The molecule has 1 aromatic heterocycles. The lowest BCUT2D eigenvalue weighted by atomic mass is 10.0. The fourth-order valence-corrected chi connectivity index (χ4v) is 4.76. The summed E-state index contributed by atoms with van der Waals surface area (Å²) in [6.45, 7) is 4.01. The molecule has 6 heteroatoms. The number of benzene rings is 1. The highest BCUT2D eigenvalue weighted by Crippen LogP contribution is 2.50. The first-order chi connectivity index (χ1) is 11.2. The van der Waals surface area contributed by atoms with Crippen LogP contribution >= 0.6 is 0 Å². The first kappa shape index (κ1) is 16.9. The maximum absolute atomic E-state index is 12.5. The third kappa shape index (κ3) is 3.59. The molecule has 0 spiro atoms. The monoisotopic (exact) mass is 346 g/mol. The molecule has 1 fully saturated rings. The summed E-state index contributed by atoms with van der Waals surface area (Å²) in [5, 5.41) is 3.87. The second-order valence-electron chi connectivity index (χ2n) is 7.06. The molecule has 1 aromatic carbocycles. The number of sulfone groups is 1. The molecule has 5 nitrogen and oxygen atoms in total. The molecule has 1 N–H and O–H groups in total. The minimum Gasteiger partial charge on any atom is -0.325 e. The highest BCUT2D eigenvalue weighted by atomic mass is 32.2. The summed E-state index contributed by atoms with van der Waals surface area (Å²) in [6, 6.07) is 5.74. The summed E-state index contributed by atoms with van der Waals surface area (Å²) < 4.78 is 23.1. The van der Waals surface area contributed by atoms with E-state index in [-0.39, 0.29) is 23.5 Å². The zero-order valence-corrected chi connectivity index (χ0v) is 15.0. The highest BCUT2D eigenvalue weighted by Gasteiger charge is 2.46. The van der Waals surface area contributed by atoms with Gasteiger partial charge < -0.3 is 5.32 Å². The second kappa shape index (κ2) is 5.84. The van der Waals surface area contributed by atoms with Gasteiger partial charge in [-0.25, -0.2) is 8.42 Å². The van der Waals surface area contributed by atoms with Crippen LogP contribution in [0, 0.1) is 19.3 Å². The van der Waals surface area contributed by atoms with Crippen LogP contribution in [0.4, 0.5) is 5.69 Å². The average Bonchev–Trinajstić information content (AvgIpc) is 3.21. The Kier molecular flexibility index (Phi) is 4.11. The van der Waals surface area contributed by atoms with Gasteiger partial charge in [-0.3, -0.25) is 9.78 Å². The van der Waals surface area contributed by atoms with Gasteiger partial charge in [-0.15, -0.1) is 0 Å². The second-order valence-corrected chi connectivity index (χ2v) is 9.20. The number of aromatic nitrogens is 1. The smallest absolute Gasteiger partial charge is 0.224 e. The Hall–Kier alpha value is -1.95. The van der Waals surface area contributed by atoms with Crippen molar-refractivity contribution < 1.29 is 13.2 Å². The molecule has 3 rings (SSSR count). The summed E-state index contributed by atoms with van der Waals surface area (Å²) in [5.41, 5.74) is 3.41. The molecule has 1 aliphatic rings. The molecular weight excluding hydrogens is 324 g/mol. The van der Waals surface area contributed by atoms with Gasteiger partial charge in [-0.2, -0.15) is 0 Å². The Balaban J connectivity index is 1.83. The molecule has 24 heavy (non-hydrogen) atoms. The normalized spacial score (nSPS) is 16.1. The lowest BCUT2D eigenvalue weighted by Gasteiger charge is -2.16. The fourth-order valence-electron chi connectivity index (χ4n) is 3.25. The molecule has 1 saturated carbocycles. The van der Waals surface area contributed by atoms with Crippen LogP contribution in [0.3, 0.4) is 0 Å². The molecule has 0 unspecified atom stereocenters. The summed E-state index contributed by atoms with van der Waals surface area (Å²) in [5.74, 6) is -0.0487. The number of carbonyl (C=O) groups excluding carboxylic acids is 1. The first-order valence-corrected chi connectivity index (χ1v) is 10.1. The predicted octanol–water partition coefficient (Wildman–Crippen LogP) is 3.01. The van der Waals surface area contributed by atoms with Crippen molar-refractivity contribution in [3.8, 4) is 0 Å². The summed E-state index contributed by atoms with van der Waals surface area (Å²) in [7, 11) is -3.07. The van der Waals surface area contributed by atoms with Gasteiger partial charge in [0.15, 0.2) is 0 Å². The summed E-state index contributed by atoms with van der Waals surface area (Å²) in [6.07, 6.45) is 4.80. The van der Waals surface area contributed by atoms with E-state index >= 15 is 0 Å². The van der Waals surface area contributed by atoms with Crippen molar-refractivity contribution in [2.75, 3.05) is 17.3 Å². The number of hydrogen-bond donors (Lipinski definition) is 1. The highest BCUT2D eigenvalue weighted by molar-refractivity contribution is 7.90. The van der Waals surface area contributed by atoms with Crippen LogP contribution in [0.1, 0.15) is 30.4 Å². The minimum atomic E-state index is -3.07. The molecule has 1 amide bonds. The van der Waals surface area contributed by atoms with Crippen molar-refractivity contribution in [1.29, 1.82) is 0 Å². The van der Waals surface area contributed by atoms with E-state index < -0.39 is 9.84 Å². The van der Waals surface area contributed by atoms with Gasteiger partial charge in [0.05, 0.1) is 17.0 Å². The maximum Gasteiger partial charge on any atom is 0.224 e. The largest absolute Gasteiger partial charge is 0.325 e. The number of nitrogens with one attached hydrogen (secondary N) is 1. The lowest BCUT2D eigenvalue weighted by Crippen LogP contribution is -2.23. The average molecular weight is 346 g/mol. The minimum absolute atomic E-state index is 0.0860. The standard InChI is InChI=1S/C18H22N2O3S/c1-12-9-15(14-5-4-8-19-17(14)13(12)2)20-16(21)10-18(6-7-18)11-24(3,22)23/h4-5,8-9H,6-7,10-11H2,1-3H3,(H,20,21). The molecule has 0 atom stereocenters. The van der Waals surface area contributed by atoms with Gasteiger partial charge in [0.1, 0.15) is 9.84 Å². The molecule has 0 saturated heterocycles. The van der Waals surface area contributed by atoms with E-state index in [0.717, 1.165) is 40.6 Å². The molecule has 0 radical (unpaired) electrons. The molecule has 128 valence electrons. The van der Waals surface area contributed by atoms with Crippen LogP contribution in [-0.4, -0.2) is 31.3 Å². The van der Waals surface area contributed by atoms with Crippen LogP contribution < -0.4 is 5.32 Å². The fraction of sp³-hybridized carbons (Fsp3) is 0.444. The van der Waals surface area contributed by atoms with E-state index in [9.17, 15) is 13.2 Å². The van der Waals surface area contributed by atoms with Crippen LogP contribution in [0.5, 0.6) is 0 Å². The van der Waals surface area contributed by atoms with Gasteiger partial charge in [0.25, 0.3) is 0 Å². The molecular formula is C18H22N2O3S. The van der Waals surface area contributed by atoms with Crippen molar-refractivity contribution in [3.05, 3.63) is 35.5 Å². The number of hydrogen-bond acceptors (Lipinski definition) is 4. The van der Waals surface area contributed by atoms with E-state index in [4.69, 9.17) is 0 Å². The quantitative estimate of drug-likeness (QED) is 0.903. The molecule has 2 aromatic rings. The first-order valence-electron chi connectivity index (χ1n) is 8.02. The van der Waals surface area contributed by atoms with Crippen molar-refractivity contribution >= 4 is 32.3 Å². The molecule has 0 aliphatic heterocycles. The Labute approximate surface area is 142 Å². The molecule has 1 aliphatic carbocycles. The van der Waals surface area contributed by atoms with Gasteiger partial charge in [0, 0.05) is 24.3 Å². The zero-order chi connectivity index (χ0) is 17.5. The Morgan fingerprint density at radius 1 is 1.33 bits per heavy atom. The van der Waals surface area contributed by atoms with Crippen LogP contribution in [0.2, 0.25) is 0 Å². The van der Waals surface area contributed by atoms with Gasteiger partial charge in [-0.1, -0.05) is 0 Å². The van der Waals surface area contributed by atoms with Gasteiger partial charge in [-0.05, 0) is 61.4 Å². The van der Waals surface area contributed by atoms with Crippen molar-refractivity contribution in [2.45, 2.75) is 33.1 Å². The lowest BCUT2D eigenvalue weighted by molar-refractivity contribution is -0.117. The van der Waals surface area contributed by atoms with Crippen LogP contribution in [0.15, 0.2) is 24.4 Å². The van der Waals surface area contributed by atoms with E-state index in [2.05, 4.69) is 10.3 Å². The number of pyridine rings is 1. The summed E-state index contributed by atoms with van der Waals surface area (Å²) in [4.78, 5) is 16.9. The number of nitrogens with zero attached hydrogens (tertiary/aromatic N) is 1. The number of aryl methyl sites for hydroxylation is 2. The van der Waals surface area contributed by atoms with Crippen molar-refractivity contribution in [3.63, 3.8) is 0 Å². The van der Waals surface area contributed by atoms with Crippen molar-refractivity contribution in [1.82, 2.24) is 4.98 Å². The SMILES string of the molecule is Cc1cc(NC(=O)CC2(CS(C)(=O)=O)CC2)c2cccnc2c1C. The topological polar surface area (TPSA) is 76.1 Å². The Bertz CT molecular complexity index is 915. The Morgan fingerprint density at radius 3 is 2.67 bits per heavy atom. The van der Waals surface area contributed by atoms with Crippen molar-refractivity contribution in [2.24, 2.45) is 5.41 Å². The maximum atomic E-state index is 12.5. The number of rotatable bonds is 5. The number of fused-ring (bicyclic) bond motifs is 1. The third-order valence-corrected chi connectivity index (χ3v) is 5.88. The van der Waals surface area contributed by atoms with E-state index in [1.807, 2.05) is 32.0 Å². The van der Waals surface area contributed by atoms with Crippen LogP contribution in [0.25, 0.3) is 10.9 Å². The number of amides is 1. The predicted molar refractivity (Wildman–Crippen MR) is 95.8 cm³/mol. The summed E-state index contributed by atoms with van der Waals surface area (Å²) >= 11 is 0. The van der Waals surface area contributed by atoms with E-state index in [0.29, 0.717) is 0 Å². The molecule has 0 bridgehead atoms.